The summed E-state index contributed by atoms with van der Waals surface area (Å²) in [5, 5.41) is 2.69. The summed E-state index contributed by atoms with van der Waals surface area (Å²) in [4.78, 5) is 22.4. The largest absolute Gasteiger partial charge is 0.491 e. The Morgan fingerprint density at radius 1 is 1.14 bits per heavy atom. The predicted octanol–water partition coefficient (Wildman–Crippen LogP) is 2.90. The normalized spacial score (nSPS) is 12.2. The molecule has 0 aliphatic rings. The lowest BCUT2D eigenvalue weighted by molar-refractivity contribution is -0.131. The maximum absolute atomic E-state index is 11.6. The Hall–Kier alpha value is -2.24. The maximum atomic E-state index is 11.6. The van der Waals surface area contributed by atoms with Crippen LogP contribution in [0.2, 0.25) is 0 Å². The number of amides is 1. The van der Waals surface area contributed by atoms with Gasteiger partial charge in [0, 0.05) is 6.92 Å². The van der Waals surface area contributed by atoms with Crippen molar-refractivity contribution in [1.82, 2.24) is 5.32 Å². The quantitative estimate of drug-likeness (QED) is 0.668. The number of hydrogen-bond acceptors (Lipinski definition) is 5. The summed E-state index contributed by atoms with van der Waals surface area (Å²) in [5.74, 6) is 0.706. The van der Waals surface area contributed by atoms with Gasteiger partial charge in [0.05, 0.1) is 6.04 Å². The molecule has 1 rings (SSSR count). The first kappa shape index (κ1) is 17.8. The van der Waals surface area contributed by atoms with E-state index in [1.807, 2.05) is 6.92 Å². The van der Waals surface area contributed by atoms with Crippen molar-refractivity contribution in [1.29, 1.82) is 0 Å². The van der Waals surface area contributed by atoms with Crippen molar-refractivity contribution in [3.8, 4) is 11.5 Å². The van der Waals surface area contributed by atoms with Gasteiger partial charge in [-0.05, 0) is 52.0 Å². The number of esters is 1. The van der Waals surface area contributed by atoms with Crippen molar-refractivity contribution in [2.24, 2.45) is 0 Å². The molecule has 0 spiro atoms. The van der Waals surface area contributed by atoms with Gasteiger partial charge in [0.1, 0.15) is 23.7 Å². The van der Waals surface area contributed by atoms with Gasteiger partial charge in [0.25, 0.3) is 0 Å². The maximum Gasteiger partial charge on any atom is 0.407 e. The third kappa shape index (κ3) is 7.52. The van der Waals surface area contributed by atoms with Crippen LogP contribution in [-0.4, -0.2) is 30.3 Å². The predicted molar refractivity (Wildman–Crippen MR) is 82.1 cm³/mol. The SMILES string of the molecule is CC(=O)Oc1ccc(OC[C@H](C)NC(=O)OC(C)(C)C)cc1. The number of carbonyl (C=O) groups is 2. The highest BCUT2D eigenvalue weighted by molar-refractivity contribution is 5.69. The van der Waals surface area contributed by atoms with Gasteiger partial charge in [-0.2, -0.15) is 0 Å². The van der Waals surface area contributed by atoms with Crippen molar-refractivity contribution in [3.63, 3.8) is 0 Å². The van der Waals surface area contributed by atoms with E-state index in [2.05, 4.69) is 5.32 Å². The highest BCUT2D eigenvalue weighted by Gasteiger charge is 2.17. The molecular weight excluding hydrogens is 286 g/mol. The molecule has 0 unspecified atom stereocenters. The lowest BCUT2D eigenvalue weighted by Gasteiger charge is -2.22. The molecule has 0 bridgehead atoms. The summed E-state index contributed by atoms with van der Waals surface area (Å²) in [6.07, 6.45) is -0.478. The highest BCUT2D eigenvalue weighted by Crippen LogP contribution is 2.17. The minimum atomic E-state index is -0.531. The molecule has 0 saturated carbocycles. The van der Waals surface area contributed by atoms with E-state index in [0.29, 0.717) is 18.1 Å². The summed E-state index contributed by atoms with van der Waals surface area (Å²) < 4.78 is 15.6. The van der Waals surface area contributed by atoms with E-state index in [4.69, 9.17) is 14.2 Å². The number of hydrogen-bond donors (Lipinski definition) is 1. The molecule has 1 aromatic rings. The van der Waals surface area contributed by atoms with Crippen molar-refractivity contribution < 1.29 is 23.8 Å². The Bertz CT molecular complexity index is 504. The molecule has 0 aromatic heterocycles. The summed E-state index contributed by atoms with van der Waals surface area (Å²) in [6.45, 7) is 8.87. The van der Waals surface area contributed by atoms with Gasteiger partial charge in [0.2, 0.25) is 0 Å². The van der Waals surface area contributed by atoms with Crippen LogP contribution < -0.4 is 14.8 Å². The van der Waals surface area contributed by atoms with Crippen LogP contribution in [0.5, 0.6) is 11.5 Å². The standard InChI is InChI=1S/C16H23NO5/c1-11(17-15(19)22-16(3,4)5)10-20-13-6-8-14(9-7-13)21-12(2)18/h6-9,11H,10H2,1-5H3,(H,17,19)/t11-/m0/s1. The molecule has 1 N–H and O–H groups in total. The van der Waals surface area contributed by atoms with E-state index in [1.54, 1.807) is 45.0 Å². The van der Waals surface area contributed by atoms with E-state index in [-0.39, 0.29) is 12.0 Å². The number of ether oxygens (including phenoxy) is 3. The van der Waals surface area contributed by atoms with E-state index in [0.717, 1.165) is 0 Å². The van der Waals surface area contributed by atoms with E-state index in [1.165, 1.54) is 6.92 Å². The number of benzene rings is 1. The Kier molecular flexibility index (Phi) is 6.22. The third-order valence-corrected chi connectivity index (χ3v) is 2.35. The monoisotopic (exact) mass is 309 g/mol. The van der Waals surface area contributed by atoms with Gasteiger partial charge in [-0.25, -0.2) is 4.79 Å². The lowest BCUT2D eigenvalue weighted by Crippen LogP contribution is -2.40. The molecule has 1 amide bonds. The second-order valence-corrected chi connectivity index (χ2v) is 5.92. The second kappa shape index (κ2) is 7.68. The molecule has 0 radical (unpaired) electrons. The van der Waals surface area contributed by atoms with Crippen molar-refractivity contribution in [2.45, 2.75) is 46.3 Å². The minimum Gasteiger partial charge on any atom is -0.491 e. The molecule has 1 atom stereocenters. The third-order valence-electron chi connectivity index (χ3n) is 2.35. The number of alkyl carbamates (subject to hydrolysis) is 1. The average molecular weight is 309 g/mol. The van der Waals surface area contributed by atoms with Crippen LogP contribution in [-0.2, 0) is 9.53 Å². The molecule has 0 aliphatic carbocycles. The van der Waals surface area contributed by atoms with Crippen molar-refractivity contribution in [2.75, 3.05) is 6.61 Å². The second-order valence-electron chi connectivity index (χ2n) is 5.92. The topological polar surface area (TPSA) is 73.9 Å². The molecular formula is C16H23NO5. The Labute approximate surface area is 130 Å². The van der Waals surface area contributed by atoms with Gasteiger partial charge in [-0.1, -0.05) is 0 Å². The summed E-state index contributed by atoms with van der Waals surface area (Å²) in [5.41, 5.74) is -0.531. The lowest BCUT2D eigenvalue weighted by atomic mass is 10.2. The Balaban J connectivity index is 2.39. The fourth-order valence-electron chi connectivity index (χ4n) is 1.54. The first-order valence-corrected chi connectivity index (χ1v) is 7.06. The van der Waals surface area contributed by atoms with Crippen molar-refractivity contribution in [3.05, 3.63) is 24.3 Å². The molecule has 0 aliphatic heterocycles. The van der Waals surface area contributed by atoms with Crippen LogP contribution in [0.1, 0.15) is 34.6 Å². The van der Waals surface area contributed by atoms with Crippen LogP contribution in [0.4, 0.5) is 4.79 Å². The van der Waals surface area contributed by atoms with Gasteiger partial charge < -0.3 is 19.5 Å². The molecule has 0 fully saturated rings. The fraction of sp³-hybridized carbons (Fsp3) is 0.500. The van der Waals surface area contributed by atoms with E-state index < -0.39 is 11.7 Å². The van der Waals surface area contributed by atoms with Gasteiger partial charge in [-0.3, -0.25) is 4.79 Å². The minimum absolute atomic E-state index is 0.206. The molecule has 1 aromatic carbocycles. The van der Waals surface area contributed by atoms with Crippen LogP contribution in [0.25, 0.3) is 0 Å². The number of nitrogens with one attached hydrogen (secondary N) is 1. The van der Waals surface area contributed by atoms with Crippen LogP contribution in [0.3, 0.4) is 0 Å². The molecule has 122 valence electrons. The van der Waals surface area contributed by atoms with Crippen molar-refractivity contribution >= 4 is 12.1 Å². The van der Waals surface area contributed by atoms with Crippen LogP contribution in [0, 0.1) is 0 Å². The summed E-state index contributed by atoms with van der Waals surface area (Å²) in [7, 11) is 0. The number of rotatable bonds is 5. The smallest absolute Gasteiger partial charge is 0.407 e. The highest BCUT2D eigenvalue weighted by atomic mass is 16.6. The van der Waals surface area contributed by atoms with Gasteiger partial charge in [-0.15, -0.1) is 0 Å². The van der Waals surface area contributed by atoms with E-state index in [9.17, 15) is 9.59 Å². The first-order valence-electron chi connectivity index (χ1n) is 7.06. The zero-order valence-electron chi connectivity index (χ0n) is 13.6. The Morgan fingerprint density at radius 3 is 2.18 bits per heavy atom. The summed E-state index contributed by atoms with van der Waals surface area (Å²) in [6, 6.07) is 6.46. The van der Waals surface area contributed by atoms with Gasteiger partial charge in [0.15, 0.2) is 0 Å². The zero-order chi connectivity index (χ0) is 16.8. The van der Waals surface area contributed by atoms with Crippen LogP contribution >= 0.6 is 0 Å². The number of carbonyl (C=O) groups excluding carboxylic acids is 2. The van der Waals surface area contributed by atoms with Crippen LogP contribution in [0.15, 0.2) is 24.3 Å². The fourth-order valence-corrected chi connectivity index (χ4v) is 1.54. The first-order chi connectivity index (χ1) is 10.2. The summed E-state index contributed by atoms with van der Waals surface area (Å²) >= 11 is 0. The molecule has 0 heterocycles. The Morgan fingerprint density at radius 2 is 1.68 bits per heavy atom. The molecule has 0 saturated heterocycles. The molecule has 6 heteroatoms. The zero-order valence-corrected chi connectivity index (χ0v) is 13.6. The molecule has 22 heavy (non-hydrogen) atoms. The average Bonchev–Trinajstić information content (AvgIpc) is 2.34. The van der Waals surface area contributed by atoms with E-state index >= 15 is 0 Å². The molecule has 6 nitrogen and oxygen atoms in total. The van der Waals surface area contributed by atoms with Gasteiger partial charge >= 0.3 is 12.1 Å².